The van der Waals surface area contributed by atoms with Crippen molar-refractivity contribution in [2.45, 2.75) is 83.8 Å². The molecule has 2 aliphatic rings. The number of rotatable bonds is 5. The van der Waals surface area contributed by atoms with E-state index in [0.717, 1.165) is 18.1 Å². The zero-order valence-corrected chi connectivity index (χ0v) is 12.7. The predicted octanol–water partition coefficient (Wildman–Crippen LogP) is 3.51. The molecule has 0 aromatic rings. The minimum absolute atomic E-state index is 0.760. The van der Waals surface area contributed by atoms with Crippen molar-refractivity contribution in [3.63, 3.8) is 0 Å². The summed E-state index contributed by atoms with van der Waals surface area (Å²) in [5.41, 5.74) is 0. The fourth-order valence-corrected chi connectivity index (χ4v) is 3.84. The van der Waals surface area contributed by atoms with Gasteiger partial charge in [-0.1, -0.05) is 32.6 Å². The first-order chi connectivity index (χ1) is 8.72. The van der Waals surface area contributed by atoms with E-state index in [2.05, 4.69) is 30.6 Å². The van der Waals surface area contributed by atoms with Crippen LogP contribution in [0.4, 0.5) is 0 Å². The van der Waals surface area contributed by atoms with Crippen LogP contribution in [0.1, 0.15) is 65.7 Å². The van der Waals surface area contributed by atoms with Crippen LogP contribution in [0.15, 0.2) is 0 Å². The molecule has 0 aromatic heterocycles. The Kier molecular flexibility index (Phi) is 5.50. The van der Waals surface area contributed by atoms with Crippen LogP contribution in [0, 0.1) is 0 Å². The van der Waals surface area contributed by atoms with Crippen LogP contribution < -0.4 is 0 Å². The molecule has 0 spiro atoms. The Morgan fingerprint density at radius 2 is 2.00 bits per heavy atom. The predicted molar refractivity (Wildman–Crippen MR) is 79.0 cm³/mol. The van der Waals surface area contributed by atoms with Crippen LogP contribution >= 0.6 is 0 Å². The summed E-state index contributed by atoms with van der Waals surface area (Å²) in [6, 6.07) is 2.41. The maximum Gasteiger partial charge on any atom is 0.0224 e. The summed E-state index contributed by atoms with van der Waals surface area (Å²) in [4.78, 5) is 5.55. The number of fused-ring (bicyclic) bond motifs is 1. The summed E-state index contributed by atoms with van der Waals surface area (Å²) in [5, 5.41) is 0. The lowest BCUT2D eigenvalue weighted by Crippen LogP contribution is -2.60. The van der Waals surface area contributed by atoms with Gasteiger partial charge in [-0.05, 0) is 39.7 Å². The van der Waals surface area contributed by atoms with Crippen molar-refractivity contribution in [2.75, 3.05) is 19.6 Å². The van der Waals surface area contributed by atoms with Gasteiger partial charge < -0.3 is 0 Å². The van der Waals surface area contributed by atoms with E-state index >= 15 is 0 Å². The summed E-state index contributed by atoms with van der Waals surface area (Å²) in [6.07, 6.45) is 9.87. The van der Waals surface area contributed by atoms with E-state index < -0.39 is 0 Å². The fraction of sp³-hybridized carbons (Fsp3) is 1.00. The maximum absolute atomic E-state index is 2.79. The van der Waals surface area contributed by atoms with Crippen LogP contribution in [0.25, 0.3) is 0 Å². The normalized spacial score (nSPS) is 32.2. The van der Waals surface area contributed by atoms with Gasteiger partial charge in [-0.15, -0.1) is 0 Å². The smallest absolute Gasteiger partial charge is 0.0224 e. The number of unbranched alkanes of at least 4 members (excludes halogenated alkanes) is 2. The molecule has 2 nitrogen and oxygen atoms in total. The summed E-state index contributed by atoms with van der Waals surface area (Å²) < 4.78 is 0. The maximum atomic E-state index is 2.79. The lowest BCUT2D eigenvalue weighted by molar-refractivity contribution is -0.00607. The van der Waals surface area contributed by atoms with Crippen LogP contribution in [0.2, 0.25) is 0 Å². The van der Waals surface area contributed by atoms with E-state index in [1.54, 1.807) is 0 Å². The molecule has 2 rings (SSSR count). The minimum atomic E-state index is 0.760. The second kappa shape index (κ2) is 6.91. The molecule has 2 fully saturated rings. The van der Waals surface area contributed by atoms with Crippen LogP contribution in [-0.4, -0.2) is 47.6 Å². The van der Waals surface area contributed by atoms with Crippen molar-refractivity contribution in [3.05, 3.63) is 0 Å². The average Bonchev–Trinajstić information content (AvgIpc) is 2.38. The number of hydrogen-bond donors (Lipinski definition) is 0. The van der Waals surface area contributed by atoms with Gasteiger partial charge in [0.2, 0.25) is 0 Å². The molecule has 3 atom stereocenters. The Bertz CT molecular complexity index is 241. The van der Waals surface area contributed by atoms with Gasteiger partial charge >= 0.3 is 0 Å². The lowest BCUT2D eigenvalue weighted by Gasteiger charge is -2.49. The Hall–Kier alpha value is -0.0800. The van der Waals surface area contributed by atoms with Crippen molar-refractivity contribution in [1.82, 2.24) is 9.80 Å². The molecule has 18 heavy (non-hydrogen) atoms. The molecule has 0 aromatic carbocycles. The monoisotopic (exact) mass is 252 g/mol. The van der Waals surface area contributed by atoms with Crippen LogP contribution in [0.3, 0.4) is 0 Å². The topological polar surface area (TPSA) is 6.48 Å². The minimum Gasteiger partial charge on any atom is -0.298 e. The van der Waals surface area contributed by atoms with E-state index in [-0.39, 0.29) is 0 Å². The van der Waals surface area contributed by atoms with E-state index in [1.807, 2.05) is 0 Å². The van der Waals surface area contributed by atoms with Gasteiger partial charge in [0, 0.05) is 31.2 Å². The number of hydrogen-bond acceptors (Lipinski definition) is 2. The summed E-state index contributed by atoms with van der Waals surface area (Å²) >= 11 is 0. The second-order valence-electron chi connectivity index (χ2n) is 6.54. The van der Waals surface area contributed by atoms with Gasteiger partial charge in [-0.3, -0.25) is 9.80 Å². The molecule has 2 heteroatoms. The van der Waals surface area contributed by atoms with Crippen LogP contribution in [-0.2, 0) is 0 Å². The Labute approximate surface area is 114 Å². The van der Waals surface area contributed by atoms with E-state index in [1.165, 1.54) is 64.6 Å². The van der Waals surface area contributed by atoms with Crippen molar-refractivity contribution >= 4 is 0 Å². The molecule has 2 aliphatic heterocycles. The SMILES string of the molecule is CCCCCC(C)N1CC2CCCCN2CC1C. The third-order valence-electron chi connectivity index (χ3n) is 5.03. The molecule has 0 N–H and O–H groups in total. The first-order valence-corrected chi connectivity index (χ1v) is 8.22. The molecular formula is C16H32N2. The Morgan fingerprint density at radius 1 is 1.17 bits per heavy atom. The van der Waals surface area contributed by atoms with Gasteiger partial charge in [0.1, 0.15) is 0 Å². The van der Waals surface area contributed by atoms with Crippen molar-refractivity contribution < 1.29 is 0 Å². The van der Waals surface area contributed by atoms with Gasteiger partial charge in [-0.25, -0.2) is 0 Å². The molecule has 0 aliphatic carbocycles. The Balaban J connectivity index is 1.84. The first kappa shape index (κ1) is 14.3. The first-order valence-electron chi connectivity index (χ1n) is 8.22. The number of piperazine rings is 1. The standard InChI is InChI=1S/C16H32N2/c1-4-5-6-9-14(2)18-13-16-10-7-8-11-17(16)12-15(18)3/h14-16H,4-13H2,1-3H3. The summed E-state index contributed by atoms with van der Waals surface area (Å²) in [6.45, 7) is 11.2. The van der Waals surface area contributed by atoms with Gasteiger partial charge in [-0.2, -0.15) is 0 Å². The number of piperidine rings is 1. The van der Waals surface area contributed by atoms with E-state index in [0.29, 0.717) is 0 Å². The van der Waals surface area contributed by atoms with Gasteiger partial charge in [0.15, 0.2) is 0 Å². The quantitative estimate of drug-likeness (QED) is 0.691. The highest BCUT2D eigenvalue weighted by Gasteiger charge is 2.34. The molecule has 0 bridgehead atoms. The highest BCUT2D eigenvalue weighted by Crippen LogP contribution is 2.26. The highest BCUT2D eigenvalue weighted by atomic mass is 15.3. The molecule has 0 radical (unpaired) electrons. The zero-order valence-electron chi connectivity index (χ0n) is 12.7. The molecule has 106 valence electrons. The van der Waals surface area contributed by atoms with Crippen molar-refractivity contribution in [1.29, 1.82) is 0 Å². The molecule has 2 saturated heterocycles. The highest BCUT2D eigenvalue weighted by molar-refractivity contribution is 4.90. The largest absolute Gasteiger partial charge is 0.298 e. The van der Waals surface area contributed by atoms with Gasteiger partial charge in [0.25, 0.3) is 0 Å². The second-order valence-corrected chi connectivity index (χ2v) is 6.54. The third kappa shape index (κ3) is 3.48. The van der Waals surface area contributed by atoms with Gasteiger partial charge in [0.05, 0.1) is 0 Å². The van der Waals surface area contributed by atoms with Crippen molar-refractivity contribution in [3.8, 4) is 0 Å². The Morgan fingerprint density at radius 3 is 2.78 bits per heavy atom. The average molecular weight is 252 g/mol. The van der Waals surface area contributed by atoms with E-state index in [4.69, 9.17) is 0 Å². The fourth-order valence-electron chi connectivity index (χ4n) is 3.84. The number of nitrogens with zero attached hydrogens (tertiary/aromatic N) is 2. The van der Waals surface area contributed by atoms with E-state index in [9.17, 15) is 0 Å². The molecule has 3 unspecified atom stereocenters. The van der Waals surface area contributed by atoms with Crippen LogP contribution in [0.5, 0.6) is 0 Å². The lowest BCUT2D eigenvalue weighted by atomic mass is 9.95. The molecular weight excluding hydrogens is 220 g/mol. The zero-order chi connectivity index (χ0) is 13.0. The molecule has 0 saturated carbocycles. The summed E-state index contributed by atoms with van der Waals surface area (Å²) in [5.74, 6) is 0. The molecule has 0 amide bonds. The van der Waals surface area contributed by atoms with Crippen molar-refractivity contribution in [2.24, 2.45) is 0 Å². The summed E-state index contributed by atoms with van der Waals surface area (Å²) in [7, 11) is 0. The molecule has 2 heterocycles. The third-order valence-corrected chi connectivity index (χ3v) is 5.03.